The number of nitrogens with one attached hydrogen (secondary N) is 1. The summed E-state index contributed by atoms with van der Waals surface area (Å²) in [6, 6.07) is 9.51. The normalized spacial score (nSPS) is 15.8. The molecule has 2 aromatic rings. The second-order valence-electron chi connectivity index (χ2n) is 10.5. The molecule has 0 bridgehead atoms. The van der Waals surface area contributed by atoms with E-state index in [0.29, 0.717) is 17.1 Å². The summed E-state index contributed by atoms with van der Waals surface area (Å²) >= 11 is 0. The number of esters is 2. The van der Waals surface area contributed by atoms with E-state index in [9.17, 15) is 9.59 Å². The fourth-order valence-electron chi connectivity index (χ4n) is 4.77. The second kappa shape index (κ2) is 10.1. The zero-order valence-electron chi connectivity index (χ0n) is 22.0. The zero-order chi connectivity index (χ0) is 26.0. The molecule has 1 aliphatic heterocycles. The molecule has 1 atom stereocenters. The smallest absolute Gasteiger partial charge is 0.340 e. The highest BCUT2D eigenvalue weighted by atomic mass is 16.5. The van der Waals surface area contributed by atoms with Gasteiger partial charge in [0.25, 0.3) is 0 Å². The molecule has 0 spiro atoms. The maximum absolute atomic E-state index is 13.3. The molecule has 0 fully saturated rings. The first-order chi connectivity index (χ1) is 16.4. The Labute approximate surface area is 207 Å². The number of rotatable bonds is 8. The molecule has 8 nitrogen and oxygen atoms in total. The van der Waals surface area contributed by atoms with Crippen molar-refractivity contribution in [2.75, 3.05) is 13.2 Å². The first-order valence-corrected chi connectivity index (χ1v) is 12.1. The van der Waals surface area contributed by atoms with Crippen molar-refractivity contribution >= 4 is 11.9 Å². The van der Waals surface area contributed by atoms with Crippen molar-refractivity contribution in [3.63, 3.8) is 0 Å². The van der Waals surface area contributed by atoms with Crippen molar-refractivity contribution in [1.29, 1.82) is 0 Å². The van der Waals surface area contributed by atoms with Gasteiger partial charge in [0, 0.05) is 5.54 Å². The Morgan fingerprint density at radius 3 is 2.26 bits per heavy atom. The summed E-state index contributed by atoms with van der Waals surface area (Å²) in [6.45, 7) is 16.1. The van der Waals surface area contributed by atoms with Gasteiger partial charge in [-0.25, -0.2) is 9.48 Å². The van der Waals surface area contributed by atoms with Crippen LogP contribution in [0.2, 0.25) is 0 Å². The van der Waals surface area contributed by atoms with Crippen LogP contribution in [0.3, 0.4) is 0 Å². The minimum Gasteiger partial charge on any atom is -0.465 e. The summed E-state index contributed by atoms with van der Waals surface area (Å²) in [5.74, 6) is -1.67. The SMILES string of the molecule is CCOC(=O)C1=C(NC(C)(C)CC(C)(C)C)Oc2c(c(C)nn2-c2ccccc2)C1C(=O)OCC. The van der Waals surface area contributed by atoms with Gasteiger partial charge in [-0.05, 0) is 58.6 Å². The van der Waals surface area contributed by atoms with E-state index in [4.69, 9.17) is 14.2 Å². The van der Waals surface area contributed by atoms with Crippen LogP contribution in [0, 0.1) is 12.3 Å². The van der Waals surface area contributed by atoms with Gasteiger partial charge in [-0.1, -0.05) is 39.0 Å². The van der Waals surface area contributed by atoms with Crippen molar-refractivity contribution in [3.8, 4) is 11.6 Å². The quantitative estimate of drug-likeness (QED) is 0.539. The third-order valence-corrected chi connectivity index (χ3v) is 5.53. The summed E-state index contributed by atoms with van der Waals surface area (Å²) in [7, 11) is 0. The minimum atomic E-state index is -1.04. The van der Waals surface area contributed by atoms with Crippen LogP contribution in [-0.4, -0.2) is 40.5 Å². The Bertz CT molecular complexity index is 1110. The fourth-order valence-corrected chi connectivity index (χ4v) is 4.77. The van der Waals surface area contributed by atoms with E-state index >= 15 is 0 Å². The van der Waals surface area contributed by atoms with E-state index < -0.39 is 23.4 Å². The molecule has 0 saturated carbocycles. The standard InChI is InChI=1S/C27H37N3O5/c1-9-33-24(31)20-19-17(3)29-30(18-14-12-11-13-15-18)23(19)35-22(21(20)25(32)34-10-2)28-27(7,8)16-26(4,5)6/h11-15,20,28H,9-10,16H2,1-8H3. The number of benzene rings is 1. The van der Waals surface area contributed by atoms with Gasteiger partial charge in [0.2, 0.25) is 11.8 Å². The number of nitrogens with zero attached hydrogens (tertiary/aromatic N) is 2. The van der Waals surface area contributed by atoms with Crippen LogP contribution in [0.1, 0.15) is 72.1 Å². The van der Waals surface area contributed by atoms with Crippen LogP contribution in [0.4, 0.5) is 0 Å². The van der Waals surface area contributed by atoms with Crippen LogP contribution in [-0.2, 0) is 19.1 Å². The molecule has 1 aromatic heterocycles. The van der Waals surface area contributed by atoms with Gasteiger partial charge in [0.1, 0.15) is 11.5 Å². The number of hydrogen-bond donors (Lipinski definition) is 1. The summed E-state index contributed by atoms with van der Waals surface area (Å²) < 4.78 is 18.8. The third kappa shape index (κ3) is 5.86. The Balaban J connectivity index is 2.24. The predicted molar refractivity (Wildman–Crippen MR) is 133 cm³/mol. The molecular weight excluding hydrogens is 446 g/mol. The molecule has 3 rings (SSSR count). The lowest BCUT2D eigenvalue weighted by Crippen LogP contribution is -2.46. The molecule has 0 amide bonds. The van der Waals surface area contributed by atoms with Crippen LogP contribution in [0.15, 0.2) is 41.8 Å². The summed E-state index contributed by atoms with van der Waals surface area (Å²) in [4.78, 5) is 26.6. The number of aryl methyl sites for hydroxylation is 1. The van der Waals surface area contributed by atoms with Gasteiger partial charge < -0.3 is 19.5 Å². The summed E-state index contributed by atoms with van der Waals surface area (Å²) in [5.41, 5.74) is 1.47. The highest BCUT2D eigenvalue weighted by Gasteiger charge is 2.45. The molecule has 1 N–H and O–H groups in total. The summed E-state index contributed by atoms with van der Waals surface area (Å²) in [5, 5.41) is 8.07. The largest absolute Gasteiger partial charge is 0.465 e. The van der Waals surface area contributed by atoms with E-state index in [2.05, 4.69) is 31.2 Å². The van der Waals surface area contributed by atoms with Crippen LogP contribution in [0.25, 0.3) is 5.69 Å². The fraction of sp³-hybridized carbons (Fsp3) is 0.519. The molecular formula is C27H37N3O5. The van der Waals surface area contributed by atoms with Gasteiger partial charge in [-0.15, -0.1) is 0 Å². The highest BCUT2D eigenvalue weighted by Crippen LogP contribution is 2.43. The van der Waals surface area contributed by atoms with Crippen molar-refractivity contribution in [3.05, 3.63) is 53.0 Å². The Morgan fingerprint density at radius 2 is 1.69 bits per heavy atom. The van der Waals surface area contributed by atoms with Crippen LogP contribution < -0.4 is 10.1 Å². The Morgan fingerprint density at radius 1 is 1.06 bits per heavy atom. The molecule has 1 aliphatic rings. The third-order valence-electron chi connectivity index (χ3n) is 5.53. The predicted octanol–water partition coefficient (Wildman–Crippen LogP) is 4.80. The number of hydrogen-bond acceptors (Lipinski definition) is 7. The van der Waals surface area contributed by atoms with E-state index in [1.165, 1.54) is 0 Å². The van der Waals surface area contributed by atoms with E-state index in [0.717, 1.165) is 12.1 Å². The molecule has 190 valence electrons. The van der Waals surface area contributed by atoms with Crippen molar-refractivity contribution in [1.82, 2.24) is 15.1 Å². The molecule has 35 heavy (non-hydrogen) atoms. The van der Waals surface area contributed by atoms with Gasteiger partial charge in [0.05, 0.1) is 30.2 Å². The number of fused-ring (bicyclic) bond motifs is 1. The maximum atomic E-state index is 13.3. The molecule has 0 saturated heterocycles. The first-order valence-electron chi connectivity index (χ1n) is 12.1. The lowest BCUT2D eigenvalue weighted by molar-refractivity contribution is -0.148. The number of aromatic nitrogens is 2. The molecule has 0 radical (unpaired) electrons. The molecule has 1 aromatic carbocycles. The highest BCUT2D eigenvalue weighted by molar-refractivity contribution is 6.00. The Kier molecular flexibility index (Phi) is 7.62. The number of para-hydroxylation sites is 1. The van der Waals surface area contributed by atoms with Gasteiger partial charge in [-0.3, -0.25) is 4.79 Å². The second-order valence-corrected chi connectivity index (χ2v) is 10.5. The van der Waals surface area contributed by atoms with Crippen molar-refractivity contribution in [2.24, 2.45) is 5.41 Å². The number of carbonyl (C=O) groups excluding carboxylic acids is 2. The number of ether oxygens (including phenoxy) is 3. The first kappa shape index (κ1) is 26.3. The molecule has 8 heteroatoms. The van der Waals surface area contributed by atoms with Gasteiger partial charge >= 0.3 is 11.9 Å². The maximum Gasteiger partial charge on any atom is 0.340 e. The molecule has 0 aliphatic carbocycles. The van der Waals surface area contributed by atoms with Crippen molar-refractivity contribution < 1.29 is 23.8 Å². The van der Waals surface area contributed by atoms with Gasteiger partial charge in [-0.2, -0.15) is 5.10 Å². The van der Waals surface area contributed by atoms with E-state index in [1.54, 1.807) is 25.5 Å². The monoisotopic (exact) mass is 483 g/mol. The average Bonchev–Trinajstić information content (AvgIpc) is 3.07. The minimum absolute atomic E-state index is 0.00389. The topological polar surface area (TPSA) is 91.7 Å². The molecule has 1 unspecified atom stereocenters. The van der Waals surface area contributed by atoms with Crippen LogP contribution in [0.5, 0.6) is 5.88 Å². The van der Waals surface area contributed by atoms with Gasteiger partial charge in [0.15, 0.2) is 0 Å². The average molecular weight is 484 g/mol. The number of carbonyl (C=O) groups is 2. The summed E-state index contributed by atoms with van der Waals surface area (Å²) in [6.07, 6.45) is 0.775. The zero-order valence-corrected chi connectivity index (χ0v) is 22.0. The van der Waals surface area contributed by atoms with E-state index in [-0.39, 0.29) is 30.1 Å². The van der Waals surface area contributed by atoms with Crippen LogP contribution >= 0.6 is 0 Å². The van der Waals surface area contributed by atoms with Crippen molar-refractivity contribution in [2.45, 2.75) is 73.3 Å². The lowest BCUT2D eigenvalue weighted by atomic mass is 9.81. The Hall–Kier alpha value is -3.29. The van der Waals surface area contributed by atoms with E-state index in [1.807, 2.05) is 44.2 Å². The molecule has 2 heterocycles. The lowest BCUT2D eigenvalue weighted by Gasteiger charge is -2.37.